The summed E-state index contributed by atoms with van der Waals surface area (Å²) in [5.74, 6) is 0. The summed E-state index contributed by atoms with van der Waals surface area (Å²) >= 11 is 0. The van der Waals surface area contributed by atoms with Crippen LogP contribution >= 0.6 is 0 Å². The number of rotatable bonds is 2. The third kappa shape index (κ3) is 2.00. The van der Waals surface area contributed by atoms with Crippen LogP contribution < -0.4 is 4.90 Å². The summed E-state index contributed by atoms with van der Waals surface area (Å²) in [6.07, 6.45) is 0.488. The van der Waals surface area contributed by atoms with Crippen molar-refractivity contribution in [3.05, 3.63) is 29.8 Å². The largest absolute Gasteiger partial charge is 0.378 e. The van der Waals surface area contributed by atoms with Crippen LogP contribution in [0.1, 0.15) is 5.56 Å². The summed E-state index contributed by atoms with van der Waals surface area (Å²) in [5.41, 5.74) is 2.21. The van der Waals surface area contributed by atoms with E-state index in [0.29, 0.717) is 6.42 Å². The van der Waals surface area contributed by atoms with E-state index in [-0.39, 0.29) is 0 Å². The Kier molecular flexibility index (Phi) is 2.71. The van der Waals surface area contributed by atoms with Crippen molar-refractivity contribution in [1.29, 1.82) is 5.26 Å². The number of hydrogen-bond donors (Lipinski definition) is 0. The zero-order valence-corrected chi connectivity index (χ0v) is 7.41. The SMILES string of the molecule is CN(C)c1cccc(CC#N)c1. The smallest absolute Gasteiger partial charge is 0.0669 e. The Bertz CT molecular complexity index is 297. The second-order valence-corrected chi connectivity index (χ2v) is 2.90. The molecule has 0 saturated heterocycles. The van der Waals surface area contributed by atoms with Crippen molar-refractivity contribution in [3.63, 3.8) is 0 Å². The fourth-order valence-corrected chi connectivity index (χ4v) is 1.04. The summed E-state index contributed by atoms with van der Waals surface area (Å²) < 4.78 is 0. The highest BCUT2D eigenvalue weighted by molar-refractivity contribution is 5.47. The molecule has 0 heterocycles. The van der Waals surface area contributed by atoms with Gasteiger partial charge in [-0.3, -0.25) is 0 Å². The maximum Gasteiger partial charge on any atom is 0.0669 e. The molecule has 0 bridgehead atoms. The molecule has 12 heavy (non-hydrogen) atoms. The van der Waals surface area contributed by atoms with Gasteiger partial charge in [-0.05, 0) is 17.7 Å². The van der Waals surface area contributed by atoms with Gasteiger partial charge in [-0.2, -0.15) is 5.26 Å². The quantitative estimate of drug-likeness (QED) is 0.659. The highest BCUT2D eigenvalue weighted by atomic mass is 15.1. The number of anilines is 1. The first-order valence-electron chi connectivity index (χ1n) is 3.87. The van der Waals surface area contributed by atoms with Crippen molar-refractivity contribution in [2.45, 2.75) is 6.42 Å². The number of benzene rings is 1. The minimum atomic E-state index is 0.488. The molecule has 0 saturated carbocycles. The van der Waals surface area contributed by atoms with Gasteiger partial charge < -0.3 is 4.90 Å². The molecule has 0 aliphatic carbocycles. The van der Waals surface area contributed by atoms with Crippen molar-refractivity contribution < 1.29 is 0 Å². The van der Waals surface area contributed by atoms with Gasteiger partial charge in [-0.25, -0.2) is 0 Å². The minimum Gasteiger partial charge on any atom is -0.378 e. The molecule has 0 atom stereocenters. The first kappa shape index (κ1) is 8.61. The van der Waals surface area contributed by atoms with E-state index in [1.165, 1.54) is 0 Å². The van der Waals surface area contributed by atoms with E-state index in [2.05, 4.69) is 6.07 Å². The topological polar surface area (TPSA) is 27.0 Å². The van der Waals surface area contributed by atoms with Crippen LogP contribution in [0.2, 0.25) is 0 Å². The average Bonchev–Trinajstić information content (AvgIpc) is 2.05. The Hall–Kier alpha value is -1.49. The third-order valence-corrected chi connectivity index (χ3v) is 1.71. The zero-order valence-electron chi connectivity index (χ0n) is 7.41. The van der Waals surface area contributed by atoms with Gasteiger partial charge in [0.25, 0.3) is 0 Å². The second-order valence-electron chi connectivity index (χ2n) is 2.90. The number of nitrogens with zero attached hydrogens (tertiary/aromatic N) is 2. The van der Waals surface area contributed by atoms with Crippen molar-refractivity contribution >= 4 is 5.69 Å². The average molecular weight is 160 g/mol. The molecule has 0 spiro atoms. The first-order valence-corrected chi connectivity index (χ1v) is 3.87. The Labute approximate surface area is 73.0 Å². The van der Waals surface area contributed by atoms with Gasteiger partial charge in [-0.15, -0.1) is 0 Å². The van der Waals surface area contributed by atoms with Crippen LogP contribution in [0.25, 0.3) is 0 Å². The zero-order chi connectivity index (χ0) is 8.97. The second kappa shape index (κ2) is 3.77. The fraction of sp³-hybridized carbons (Fsp3) is 0.300. The van der Waals surface area contributed by atoms with Crippen LogP contribution in [-0.4, -0.2) is 14.1 Å². The van der Waals surface area contributed by atoms with Gasteiger partial charge in [-0.1, -0.05) is 12.1 Å². The monoisotopic (exact) mass is 160 g/mol. The van der Waals surface area contributed by atoms with E-state index in [4.69, 9.17) is 5.26 Å². The van der Waals surface area contributed by atoms with E-state index in [1.54, 1.807) is 0 Å². The Morgan fingerprint density at radius 1 is 1.42 bits per heavy atom. The van der Waals surface area contributed by atoms with Crippen molar-refractivity contribution in [2.24, 2.45) is 0 Å². The molecular weight excluding hydrogens is 148 g/mol. The van der Waals surface area contributed by atoms with Gasteiger partial charge in [0.15, 0.2) is 0 Å². The van der Waals surface area contributed by atoms with Gasteiger partial charge in [0.05, 0.1) is 12.5 Å². The van der Waals surface area contributed by atoms with Crippen LogP contribution in [0.3, 0.4) is 0 Å². The Morgan fingerprint density at radius 2 is 2.17 bits per heavy atom. The molecule has 0 aliphatic heterocycles. The molecule has 2 heteroatoms. The predicted molar refractivity (Wildman–Crippen MR) is 50.1 cm³/mol. The maximum absolute atomic E-state index is 8.49. The summed E-state index contributed by atoms with van der Waals surface area (Å²) in [7, 11) is 3.98. The lowest BCUT2D eigenvalue weighted by atomic mass is 10.1. The molecule has 0 N–H and O–H groups in total. The molecule has 62 valence electrons. The van der Waals surface area contributed by atoms with Gasteiger partial charge in [0.1, 0.15) is 0 Å². The molecule has 0 unspecified atom stereocenters. The molecule has 1 aromatic carbocycles. The lowest BCUT2D eigenvalue weighted by Crippen LogP contribution is -2.08. The highest BCUT2D eigenvalue weighted by Gasteiger charge is 1.95. The Balaban J connectivity index is 2.90. The molecule has 2 nitrogen and oxygen atoms in total. The Morgan fingerprint density at radius 3 is 2.75 bits per heavy atom. The standard InChI is InChI=1S/C10H12N2/c1-12(2)10-5-3-4-9(8-10)6-7-11/h3-5,8H,6H2,1-2H3. The van der Waals surface area contributed by atoms with E-state index < -0.39 is 0 Å². The fourth-order valence-electron chi connectivity index (χ4n) is 1.04. The minimum absolute atomic E-state index is 0.488. The number of hydrogen-bond acceptors (Lipinski definition) is 2. The molecule has 0 fully saturated rings. The normalized spacial score (nSPS) is 9.08. The van der Waals surface area contributed by atoms with E-state index in [9.17, 15) is 0 Å². The predicted octanol–water partition coefficient (Wildman–Crippen LogP) is 1.82. The summed E-state index contributed by atoms with van der Waals surface area (Å²) in [5, 5.41) is 8.49. The van der Waals surface area contributed by atoms with Crippen LogP contribution in [0.15, 0.2) is 24.3 Å². The van der Waals surface area contributed by atoms with E-state index in [0.717, 1.165) is 11.3 Å². The van der Waals surface area contributed by atoms with Crippen LogP contribution in [0, 0.1) is 11.3 Å². The van der Waals surface area contributed by atoms with Crippen molar-refractivity contribution in [3.8, 4) is 6.07 Å². The lowest BCUT2D eigenvalue weighted by molar-refractivity contribution is 1.12. The van der Waals surface area contributed by atoms with Crippen LogP contribution in [0.4, 0.5) is 5.69 Å². The molecule has 0 radical (unpaired) electrons. The van der Waals surface area contributed by atoms with Crippen molar-refractivity contribution in [2.75, 3.05) is 19.0 Å². The van der Waals surface area contributed by atoms with E-state index >= 15 is 0 Å². The van der Waals surface area contributed by atoms with Crippen molar-refractivity contribution in [1.82, 2.24) is 0 Å². The molecular formula is C10H12N2. The lowest BCUT2D eigenvalue weighted by Gasteiger charge is -2.12. The van der Waals surface area contributed by atoms with Gasteiger partial charge in [0, 0.05) is 19.8 Å². The molecule has 0 amide bonds. The van der Waals surface area contributed by atoms with Crippen LogP contribution in [0.5, 0.6) is 0 Å². The highest BCUT2D eigenvalue weighted by Crippen LogP contribution is 2.13. The van der Waals surface area contributed by atoms with Crippen LogP contribution in [-0.2, 0) is 6.42 Å². The first-order chi connectivity index (χ1) is 5.74. The van der Waals surface area contributed by atoms with Gasteiger partial charge >= 0.3 is 0 Å². The summed E-state index contributed by atoms with van der Waals surface area (Å²) in [6.45, 7) is 0. The maximum atomic E-state index is 8.49. The molecule has 0 aromatic heterocycles. The molecule has 1 rings (SSSR count). The summed E-state index contributed by atoms with van der Waals surface area (Å²) in [4.78, 5) is 2.03. The summed E-state index contributed by atoms with van der Waals surface area (Å²) in [6, 6.07) is 10.1. The van der Waals surface area contributed by atoms with E-state index in [1.807, 2.05) is 43.3 Å². The molecule has 1 aromatic rings. The van der Waals surface area contributed by atoms with Gasteiger partial charge in [0.2, 0.25) is 0 Å². The molecule has 0 aliphatic rings. The third-order valence-electron chi connectivity index (χ3n) is 1.71. The number of nitriles is 1.